The van der Waals surface area contributed by atoms with Crippen LogP contribution in [0, 0.1) is 11.6 Å². The van der Waals surface area contributed by atoms with Crippen LogP contribution in [0.1, 0.15) is 17.2 Å². The van der Waals surface area contributed by atoms with Crippen molar-refractivity contribution in [2.75, 3.05) is 7.05 Å². The summed E-state index contributed by atoms with van der Waals surface area (Å²) in [6, 6.07) is 9.13. The molecule has 106 valence electrons. The van der Waals surface area contributed by atoms with Crippen LogP contribution < -0.4 is 5.32 Å². The third kappa shape index (κ3) is 3.19. The summed E-state index contributed by atoms with van der Waals surface area (Å²) in [5.74, 6) is -0.701. The molecule has 0 amide bonds. The van der Waals surface area contributed by atoms with Crippen LogP contribution >= 0.6 is 27.5 Å². The average Bonchev–Trinajstić information content (AvgIpc) is 2.42. The molecule has 0 aliphatic carbocycles. The van der Waals surface area contributed by atoms with E-state index in [0.717, 1.165) is 5.56 Å². The van der Waals surface area contributed by atoms with Crippen molar-refractivity contribution in [1.82, 2.24) is 5.32 Å². The van der Waals surface area contributed by atoms with Gasteiger partial charge in [0, 0.05) is 16.6 Å². The molecule has 2 aromatic carbocycles. The normalized spacial score (nSPS) is 12.4. The minimum absolute atomic E-state index is 0.241. The first-order valence-corrected chi connectivity index (χ1v) is 7.25. The molecular formula is C15H13BrClF2N. The summed E-state index contributed by atoms with van der Waals surface area (Å²) in [7, 11) is 1.75. The van der Waals surface area contributed by atoms with E-state index in [1.807, 2.05) is 0 Å². The third-order valence-electron chi connectivity index (χ3n) is 3.18. The van der Waals surface area contributed by atoms with E-state index in [0.29, 0.717) is 21.5 Å². The maximum Gasteiger partial charge on any atom is 0.137 e. The Kier molecular flexibility index (Phi) is 5.13. The van der Waals surface area contributed by atoms with Gasteiger partial charge in [-0.05, 0) is 53.2 Å². The lowest BCUT2D eigenvalue weighted by Crippen LogP contribution is -2.20. The van der Waals surface area contributed by atoms with Gasteiger partial charge in [-0.3, -0.25) is 0 Å². The summed E-state index contributed by atoms with van der Waals surface area (Å²) >= 11 is 9.27. The van der Waals surface area contributed by atoms with E-state index in [-0.39, 0.29) is 17.7 Å². The molecule has 1 atom stereocenters. The maximum absolute atomic E-state index is 13.8. The fourth-order valence-corrected chi connectivity index (χ4v) is 2.87. The molecule has 0 heterocycles. The Labute approximate surface area is 130 Å². The van der Waals surface area contributed by atoms with Gasteiger partial charge in [0.1, 0.15) is 11.6 Å². The summed E-state index contributed by atoms with van der Waals surface area (Å²) in [6.45, 7) is 0. The number of hydrogen-bond donors (Lipinski definition) is 1. The highest BCUT2D eigenvalue weighted by molar-refractivity contribution is 9.10. The Morgan fingerprint density at radius 2 is 1.80 bits per heavy atom. The van der Waals surface area contributed by atoms with Gasteiger partial charge in [0.05, 0.1) is 4.47 Å². The lowest BCUT2D eigenvalue weighted by Gasteiger charge is -2.19. The largest absolute Gasteiger partial charge is 0.313 e. The second-order valence-corrected chi connectivity index (χ2v) is 5.59. The molecule has 5 heteroatoms. The van der Waals surface area contributed by atoms with Gasteiger partial charge in [-0.25, -0.2) is 8.78 Å². The van der Waals surface area contributed by atoms with Crippen molar-refractivity contribution < 1.29 is 8.78 Å². The number of rotatable bonds is 4. The first-order valence-electron chi connectivity index (χ1n) is 6.08. The fraction of sp³-hybridized carbons (Fsp3) is 0.200. The average molecular weight is 361 g/mol. The highest BCUT2D eigenvalue weighted by Gasteiger charge is 2.18. The summed E-state index contributed by atoms with van der Waals surface area (Å²) in [6.07, 6.45) is 0.337. The molecule has 2 aromatic rings. The van der Waals surface area contributed by atoms with Crippen LogP contribution in [0.15, 0.2) is 40.9 Å². The molecule has 2 rings (SSSR count). The Balaban J connectivity index is 2.37. The molecule has 0 bridgehead atoms. The second kappa shape index (κ2) is 6.66. The van der Waals surface area contributed by atoms with Crippen LogP contribution in [-0.2, 0) is 6.42 Å². The van der Waals surface area contributed by atoms with Crippen molar-refractivity contribution in [2.45, 2.75) is 12.5 Å². The molecule has 0 aliphatic rings. The molecule has 0 aromatic heterocycles. The first-order chi connectivity index (χ1) is 9.54. The molecule has 1 N–H and O–H groups in total. The quantitative estimate of drug-likeness (QED) is 0.819. The van der Waals surface area contributed by atoms with Gasteiger partial charge in [-0.1, -0.05) is 29.8 Å². The second-order valence-electron chi connectivity index (χ2n) is 4.39. The van der Waals surface area contributed by atoms with Crippen LogP contribution in [0.5, 0.6) is 0 Å². The van der Waals surface area contributed by atoms with Gasteiger partial charge < -0.3 is 5.32 Å². The van der Waals surface area contributed by atoms with Gasteiger partial charge in [0.15, 0.2) is 0 Å². The number of halogens is 4. The molecule has 0 aliphatic heterocycles. The van der Waals surface area contributed by atoms with E-state index in [1.165, 1.54) is 12.1 Å². The molecule has 0 spiro atoms. The van der Waals surface area contributed by atoms with Crippen molar-refractivity contribution in [3.63, 3.8) is 0 Å². The molecule has 1 unspecified atom stereocenters. The fourth-order valence-electron chi connectivity index (χ4n) is 2.09. The zero-order valence-corrected chi connectivity index (χ0v) is 13.1. The van der Waals surface area contributed by atoms with Gasteiger partial charge in [0.2, 0.25) is 0 Å². The lowest BCUT2D eigenvalue weighted by molar-refractivity contribution is 0.546. The number of nitrogens with one attached hydrogen (secondary N) is 1. The number of benzene rings is 2. The maximum atomic E-state index is 13.8. The summed E-state index contributed by atoms with van der Waals surface area (Å²) in [5, 5.41) is 3.44. The van der Waals surface area contributed by atoms with Crippen LogP contribution in [0.3, 0.4) is 0 Å². The SMILES string of the molecule is CNC(Cc1c(F)cccc1Cl)c1cccc(F)c1Br. The van der Waals surface area contributed by atoms with E-state index < -0.39 is 0 Å². The van der Waals surface area contributed by atoms with E-state index in [1.54, 1.807) is 31.3 Å². The number of likely N-dealkylation sites (N-methyl/N-ethyl adjacent to an activating group) is 1. The van der Waals surface area contributed by atoms with E-state index in [9.17, 15) is 8.78 Å². The van der Waals surface area contributed by atoms with Crippen molar-refractivity contribution >= 4 is 27.5 Å². The minimum Gasteiger partial charge on any atom is -0.313 e. The predicted octanol–water partition coefficient (Wildman–Crippen LogP) is 4.88. The highest BCUT2D eigenvalue weighted by atomic mass is 79.9. The van der Waals surface area contributed by atoms with E-state index >= 15 is 0 Å². The molecular weight excluding hydrogens is 348 g/mol. The summed E-state index contributed by atoms with van der Waals surface area (Å²) in [4.78, 5) is 0. The Bertz CT molecular complexity index is 599. The van der Waals surface area contributed by atoms with Crippen LogP contribution in [0.4, 0.5) is 8.78 Å². The molecule has 0 saturated carbocycles. The van der Waals surface area contributed by atoms with Crippen LogP contribution in [-0.4, -0.2) is 7.05 Å². The van der Waals surface area contributed by atoms with Crippen molar-refractivity contribution in [2.24, 2.45) is 0 Å². The Morgan fingerprint density at radius 3 is 2.45 bits per heavy atom. The van der Waals surface area contributed by atoms with E-state index in [4.69, 9.17) is 11.6 Å². The van der Waals surface area contributed by atoms with Crippen molar-refractivity contribution in [1.29, 1.82) is 0 Å². The predicted molar refractivity (Wildman–Crippen MR) is 81.0 cm³/mol. The first kappa shape index (κ1) is 15.4. The van der Waals surface area contributed by atoms with E-state index in [2.05, 4.69) is 21.2 Å². The molecule has 20 heavy (non-hydrogen) atoms. The molecule has 0 saturated heterocycles. The lowest BCUT2D eigenvalue weighted by atomic mass is 9.98. The van der Waals surface area contributed by atoms with Crippen molar-refractivity contribution in [3.8, 4) is 0 Å². The smallest absolute Gasteiger partial charge is 0.137 e. The molecule has 0 radical (unpaired) electrons. The van der Waals surface area contributed by atoms with Crippen LogP contribution in [0.25, 0.3) is 0 Å². The number of hydrogen-bond acceptors (Lipinski definition) is 1. The summed E-state index contributed by atoms with van der Waals surface area (Å²) < 4.78 is 27.8. The zero-order chi connectivity index (χ0) is 14.7. The minimum atomic E-state index is -0.356. The standard InChI is InChI=1S/C15H13BrClF2N/c1-20-14(9-4-2-7-13(19)15(9)16)8-10-11(17)5-3-6-12(10)18/h2-7,14,20H,8H2,1H3. The van der Waals surface area contributed by atoms with Crippen molar-refractivity contribution in [3.05, 3.63) is 68.7 Å². The monoisotopic (exact) mass is 359 g/mol. The Hall–Kier alpha value is -0.970. The van der Waals surface area contributed by atoms with Gasteiger partial charge in [-0.2, -0.15) is 0 Å². The highest BCUT2D eigenvalue weighted by Crippen LogP contribution is 2.30. The van der Waals surface area contributed by atoms with Gasteiger partial charge in [0.25, 0.3) is 0 Å². The van der Waals surface area contributed by atoms with Crippen LogP contribution in [0.2, 0.25) is 5.02 Å². The van der Waals surface area contributed by atoms with Gasteiger partial charge >= 0.3 is 0 Å². The third-order valence-corrected chi connectivity index (χ3v) is 4.37. The summed E-state index contributed by atoms with van der Waals surface area (Å²) in [5.41, 5.74) is 1.15. The van der Waals surface area contributed by atoms with Gasteiger partial charge in [-0.15, -0.1) is 0 Å². The zero-order valence-electron chi connectivity index (χ0n) is 10.8. The topological polar surface area (TPSA) is 12.0 Å². The molecule has 1 nitrogen and oxygen atoms in total. The molecule has 0 fully saturated rings. The Morgan fingerprint density at radius 1 is 1.15 bits per heavy atom.